The summed E-state index contributed by atoms with van der Waals surface area (Å²) in [4.78, 5) is 16.2. The molecular weight excluding hydrogens is 299 g/mol. The van der Waals surface area contributed by atoms with E-state index in [1.165, 1.54) is 11.8 Å². The lowest BCUT2D eigenvalue weighted by molar-refractivity contribution is -0.183. The number of rotatable bonds is 3. The molecule has 2 aliphatic rings. The summed E-state index contributed by atoms with van der Waals surface area (Å²) in [6.45, 7) is 5.90. The molecule has 0 bridgehead atoms. The smallest absolute Gasteiger partial charge is 0.271 e. The average Bonchev–Trinajstić information content (AvgIpc) is 2.65. The van der Waals surface area contributed by atoms with E-state index in [9.17, 15) is 18.0 Å². The molecule has 1 saturated carbocycles. The molecular formula is C15H22F3NOS. The zero-order chi connectivity index (χ0) is 15.8. The van der Waals surface area contributed by atoms with Gasteiger partial charge in [0, 0.05) is 0 Å². The largest absolute Gasteiger partial charge is 0.391 e. The topological polar surface area (TPSA) is 29.4 Å². The molecule has 0 aromatic heterocycles. The molecule has 0 aromatic rings. The van der Waals surface area contributed by atoms with Crippen molar-refractivity contribution in [1.82, 2.24) is 0 Å². The van der Waals surface area contributed by atoms with Crippen LogP contribution in [0.25, 0.3) is 0 Å². The molecule has 1 aliphatic carbocycles. The third-order valence-electron chi connectivity index (χ3n) is 4.86. The predicted molar refractivity (Wildman–Crippen MR) is 79.4 cm³/mol. The lowest BCUT2D eigenvalue weighted by Gasteiger charge is -2.30. The summed E-state index contributed by atoms with van der Waals surface area (Å²) >= 11 is 1.51. The Bertz CT molecular complexity index is 439. The van der Waals surface area contributed by atoms with E-state index >= 15 is 0 Å². The van der Waals surface area contributed by atoms with Crippen molar-refractivity contribution in [1.29, 1.82) is 0 Å². The Morgan fingerprint density at radius 3 is 2.29 bits per heavy atom. The Kier molecular flexibility index (Phi) is 4.76. The van der Waals surface area contributed by atoms with Crippen molar-refractivity contribution in [2.45, 2.75) is 63.8 Å². The highest BCUT2D eigenvalue weighted by molar-refractivity contribution is 8.16. The van der Waals surface area contributed by atoms with Crippen LogP contribution in [0, 0.1) is 17.8 Å². The minimum absolute atomic E-state index is 0.0959. The van der Waals surface area contributed by atoms with Gasteiger partial charge in [0.2, 0.25) is 0 Å². The standard InChI is InChI=1S/C15H22F3NOS/c1-9(2)14(3)13(20)19-12(21-14)8-10-4-6-11(7-5-10)15(16,17)18/h9-11H,4-8H2,1-3H3/t10?,11?,14-/m0/s1. The Hall–Kier alpha value is -0.520. The van der Waals surface area contributed by atoms with Gasteiger partial charge in [-0.25, -0.2) is 4.99 Å². The van der Waals surface area contributed by atoms with Gasteiger partial charge in [0.1, 0.15) is 4.75 Å². The number of hydrogen-bond acceptors (Lipinski definition) is 2. The summed E-state index contributed by atoms with van der Waals surface area (Å²) < 4.78 is 37.4. The Morgan fingerprint density at radius 2 is 1.86 bits per heavy atom. The monoisotopic (exact) mass is 321 g/mol. The van der Waals surface area contributed by atoms with Gasteiger partial charge in [0.15, 0.2) is 0 Å². The molecule has 1 atom stereocenters. The molecule has 1 amide bonds. The van der Waals surface area contributed by atoms with Crippen LogP contribution in [0.3, 0.4) is 0 Å². The van der Waals surface area contributed by atoms with Crippen molar-refractivity contribution in [3.8, 4) is 0 Å². The summed E-state index contributed by atoms with van der Waals surface area (Å²) in [5.41, 5.74) is 0. The van der Waals surface area contributed by atoms with Crippen LogP contribution in [0.2, 0.25) is 0 Å². The van der Waals surface area contributed by atoms with Gasteiger partial charge in [0.05, 0.1) is 11.0 Å². The van der Waals surface area contributed by atoms with Gasteiger partial charge in [-0.3, -0.25) is 4.79 Å². The van der Waals surface area contributed by atoms with Crippen molar-refractivity contribution in [2.75, 3.05) is 0 Å². The summed E-state index contributed by atoms with van der Waals surface area (Å²) in [6, 6.07) is 0. The highest BCUT2D eigenvalue weighted by Crippen LogP contribution is 2.44. The van der Waals surface area contributed by atoms with Crippen LogP contribution < -0.4 is 0 Å². The fourth-order valence-corrected chi connectivity index (χ4v) is 4.23. The molecule has 1 fully saturated rings. The third-order valence-corrected chi connectivity index (χ3v) is 6.42. The van der Waals surface area contributed by atoms with E-state index in [1.807, 2.05) is 20.8 Å². The maximum atomic E-state index is 12.6. The van der Waals surface area contributed by atoms with E-state index in [0.717, 1.165) is 5.04 Å². The number of carbonyl (C=O) groups excluding carboxylic acids is 1. The lowest BCUT2D eigenvalue weighted by atomic mass is 9.80. The van der Waals surface area contributed by atoms with E-state index in [2.05, 4.69) is 4.99 Å². The molecule has 1 heterocycles. The van der Waals surface area contributed by atoms with Crippen LogP contribution in [-0.2, 0) is 4.79 Å². The molecule has 0 spiro atoms. The number of hydrogen-bond donors (Lipinski definition) is 0. The molecule has 2 nitrogen and oxygen atoms in total. The van der Waals surface area contributed by atoms with Gasteiger partial charge in [-0.05, 0) is 50.9 Å². The van der Waals surface area contributed by atoms with Crippen LogP contribution in [0.1, 0.15) is 52.9 Å². The van der Waals surface area contributed by atoms with E-state index in [4.69, 9.17) is 0 Å². The maximum absolute atomic E-state index is 12.6. The summed E-state index contributed by atoms with van der Waals surface area (Å²) in [5, 5.41) is 0.812. The van der Waals surface area contributed by atoms with E-state index in [1.54, 1.807) is 0 Å². The molecule has 0 saturated heterocycles. The summed E-state index contributed by atoms with van der Waals surface area (Å²) in [7, 11) is 0. The first-order valence-electron chi connectivity index (χ1n) is 7.50. The van der Waals surface area contributed by atoms with Crippen LogP contribution >= 0.6 is 11.8 Å². The van der Waals surface area contributed by atoms with Crippen molar-refractivity contribution < 1.29 is 18.0 Å². The Morgan fingerprint density at radius 1 is 1.29 bits per heavy atom. The fraction of sp³-hybridized carbons (Fsp3) is 0.867. The summed E-state index contributed by atoms with van der Waals surface area (Å²) in [5.74, 6) is -0.815. The predicted octanol–water partition coefficient (Wildman–Crippen LogP) is 4.83. The molecule has 2 rings (SSSR count). The van der Waals surface area contributed by atoms with E-state index in [-0.39, 0.29) is 30.6 Å². The summed E-state index contributed by atoms with van der Waals surface area (Å²) in [6.07, 6.45) is -1.82. The van der Waals surface area contributed by atoms with Crippen molar-refractivity contribution in [2.24, 2.45) is 22.7 Å². The second-order valence-corrected chi connectivity index (χ2v) is 8.16. The highest BCUT2D eigenvalue weighted by Gasteiger charge is 2.45. The normalized spacial score (nSPS) is 34.4. The van der Waals surface area contributed by atoms with Gasteiger partial charge in [0.25, 0.3) is 5.91 Å². The van der Waals surface area contributed by atoms with Crippen molar-refractivity contribution in [3.63, 3.8) is 0 Å². The van der Waals surface area contributed by atoms with Crippen molar-refractivity contribution >= 4 is 22.7 Å². The number of nitrogens with zero attached hydrogens (tertiary/aromatic N) is 1. The maximum Gasteiger partial charge on any atom is 0.391 e. The SMILES string of the molecule is CC(C)[C@]1(C)SC(CC2CCC(C(F)(F)F)CC2)=NC1=O. The van der Waals surface area contributed by atoms with Gasteiger partial charge in [-0.15, -0.1) is 0 Å². The molecule has 1 aliphatic heterocycles. The van der Waals surface area contributed by atoms with Crippen LogP contribution in [0.5, 0.6) is 0 Å². The Balaban J connectivity index is 1.88. The van der Waals surface area contributed by atoms with Gasteiger partial charge >= 0.3 is 6.18 Å². The molecule has 0 radical (unpaired) electrons. The molecule has 0 N–H and O–H groups in total. The van der Waals surface area contributed by atoms with Gasteiger partial charge in [-0.1, -0.05) is 25.6 Å². The first-order chi connectivity index (χ1) is 9.63. The van der Waals surface area contributed by atoms with Crippen LogP contribution in [-0.4, -0.2) is 21.9 Å². The third kappa shape index (κ3) is 3.63. The molecule has 21 heavy (non-hydrogen) atoms. The lowest BCUT2D eigenvalue weighted by Crippen LogP contribution is -2.33. The van der Waals surface area contributed by atoms with E-state index in [0.29, 0.717) is 19.3 Å². The van der Waals surface area contributed by atoms with Crippen LogP contribution in [0.15, 0.2) is 4.99 Å². The van der Waals surface area contributed by atoms with Gasteiger partial charge < -0.3 is 0 Å². The van der Waals surface area contributed by atoms with Gasteiger partial charge in [-0.2, -0.15) is 13.2 Å². The first kappa shape index (κ1) is 16.8. The van der Waals surface area contributed by atoms with Crippen LogP contribution in [0.4, 0.5) is 13.2 Å². The van der Waals surface area contributed by atoms with E-state index < -0.39 is 16.8 Å². The number of carbonyl (C=O) groups is 1. The Labute approximate surface area is 128 Å². The van der Waals surface area contributed by atoms with Crippen molar-refractivity contribution in [3.05, 3.63) is 0 Å². The number of amides is 1. The fourth-order valence-electron chi connectivity index (χ4n) is 2.93. The molecule has 0 aromatic carbocycles. The zero-order valence-corrected chi connectivity index (χ0v) is 13.5. The minimum atomic E-state index is -4.06. The first-order valence-corrected chi connectivity index (χ1v) is 8.32. The second-order valence-electron chi connectivity index (χ2n) is 6.64. The number of thioether (sulfide) groups is 1. The number of halogens is 3. The quantitative estimate of drug-likeness (QED) is 0.745. The highest BCUT2D eigenvalue weighted by atomic mass is 32.2. The molecule has 0 unspecified atom stereocenters. The number of aliphatic imine (C=N–C) groups is 1. The zero-order valence-electron chi connectivity index (χ0n) is 12.7. The molecule has 120 valence electrons. The molecule has 6 heteroatoms. The number of alkyl halides is 3. The average molecular weight is 321 g/mol. The second kappa shape index (κ2) is 5.94. The minimum Gasteiger partial charge on any atom is -0.271 e.